The molecule has 0 aromatic heterocycles. The van der Waals surface area contributed by atoms with E-state index in [-0.39, 0.29) is 16.5 Å². The first-order valence-corrected chi connectivity index (χ1v) is 5.64. The van der Waals surface area contributed by atoms with Crippen LogP contribution in [0.5, 0.6) is 0 Å². The van der Waals surface area contributed by atoms with Crippen LogP contribution in [-0.2, 0) is 0 Å². The number of fused-ring (bicyclic) bond motifs is 1. The van der Waals surface area contributed by atoms with Crippen LogP contribution in [0.3, 0.4) is 0 Å². The second-order valence-electron chi connectivity index (χ2n) is 4.13. The van der Waals surface area contributed by atoms with Crippen molar-refractivity contribution >= 4 is 11.8 Å². The van der Waals surface area contributed by atoms with Crippen molar-refractivity contribution in [3.05, 3.63) is 75.6 Å². The summed E-state index contributed by atoms with van der Waals surface area (Å²) in [6.45, 7) is 0. The van der Waals surface area contributed by atoms with Crippen molar-refractivity contribution in [2.75, 3.05) is 0 Å². The Bertz CT molecular complexity index is 624. The van der Waals surface area contributed by atoms with Crippen molar-refractivity contribution < 1.29 is 4.92 Å². The fourth-order valence-corrected chi connectivity index (χ4v) is 2.29. The fraction of sp³-hybridized carbons (Fsp3) is 0.0714. The Morgan fingerprint density at radius 2 is 2.00 bits per heavy atom. The molecular formula is C14H10N2O2. The summed E-state index contributed by atoms with van der Waals surface area (Å²) in [5.74, 6) is -0.0993. The molecule has 0 saturated carbocycles. The molecule has 1 aliphatic heterocycles. The lowest BCUT2D eigenvalue weighted by atomic mass is 9.88. The van der Waals surface area contributed by atoms with Gasteiger partial charge >= 0.3 is 0 Å². The van der Waals surface area contributed by atoms with Gasteiger partial charge in [-0.25, -0.2) is 0 Å². The predicted octanol–water partition coefficient (Wildman–Crippen LogP) is 2.83. The summed E-state index contributed by atoms with van der Waals surface area (Å²) < 4.78 is 0. The molecule has 18 heavy (non-hydrogen) atoms. The van der Waals surface area contributed by atoms with E-state index < -0.39 is 0 Å². The molecule has 0 saturated heterocycles. The van der Waals surface area contributed by atoms with Crippen LogP contribution in [0.1, 0.15) is 5.56 Å². The summed E-state index contributed by atoms with van der Waals surface area (Å²) in [6.07, 6.45) is 7.07. The molecule has 1 aromatic carbocycles. The summed E-state index contributed by atoms with van der Waals surface area (Å²) in [5.41, 5.74) is 2.53. The van der Waals surface area contributed by atoms with Gasteiger partial charge in [0, 0.05) is 0 Å². The van der Waals surface area contributed by atoms with Crippen molar-refractivity contribution in [3.8, 4) is 0 Å². The van der Waals surface area contributed by atoms with E-state index in [1.165, 1.54) is 6.21 Å². The maximum atomic E-state index is 11.1. The molecule has 0 amide bonds. The highest BCUT2D eigenvalue weighted by molar-refractivity contribution is 5.93. The zero-order chi connectivity index (χ0) is 12.5. The quantitative estimate of drug-likeness (QED) is 0.587. The molecule has 1 unspecified atom stereocenters. The molecule has 1 heterocycles. The van der Waals surface area contributed by atoms with Crippen molar-refractivity contribution in [1.82, 2.24) is 0 Å². The fourth-order valence-electron chi connectivity index (χ4n) is 2.29. The number of dihydropyridines is 1. The molecule has 1 aromatic rings. The van der Waals surface area contributed by atoms with Gasteiger partial charge in [0.2, 0.25) is 0 Å². The Hall–Kier alpha value is -2.49. The number of rotatable bonds is 2. The third kappa shape index (κ3) is 1.59. The molecule has 0 spiro atoms. The van der Waals surface area contributed by atoms with Crippen LogP contribution in [0.2, 0.25) is 0 Å². The van der Waals surface area contributed by atoms with Crippen molar-refractivity contribution in [1.29, 1.82) is 0 Å². The Morgan fingerprint density at radius 3 is 2.72 bits per heavy atom. The van der Waals surface area contributed by atoms with E-state index in [1.54, 1.807) is 0 Å². The number of hydrogen-bond acceptors (Lipinski definition) is 3. The monoisotopic (exact) mass is 238 g/mol. The summed E-state index contributed by atoms with van der Waals surface area (Å²) in [4.78, 5) is 14.9. The first kappa shape index (κ1) is 10.7. The largest absolute Gasteiger partial charge is 0.292 e. The van der Waals surface area contributed by atoms with Crippen LogP contribution >= 0.6 is 0 Å². The van der Waals surface area contributed by atoms with Crippen molar-refractivity contribution in [2.24, 2.45) is 10.9 Å². The van der Waals surface area contributed by atoms with Crippen LogP contribution in [0.15, 0.2) is 64.9 Å². The Labute approximate surface area is 104 Å². The predicted molar refractivity (Wildman–Crippen MR) is 69.6 cm³/mol. The number of hydrogen-bond donors (Lipinski definition) is 0. The van der Waals surface area contributed by atoms with Gasteiger partial charge in [-0.1, -0.05) is 42.5 Å². The van der Waals surface area contributed by atoms with Crippen molar-refractivity contribution in [3.63, 3.8) is 0 Å². The van der Waals surface area contributed by atoms with Crippen molar-refractivity contribution in [2.45, 2.75) is 0 Å². The van der Waals surface area contributed by atoms with Gasteiger partial charge in [-0.2, -0.15) is 0 Å². The van der Waals surface area contributed by atoms with E-state index in [0.29, 0.717) is 0 Å². The molecule has 0 fully saturated rings. The molecule has 4 heteroatoms. The second kappa shape index (κ2) is 4.07. The van der Waals surface area contributed by atoms with Gasteiger partial charge < -0.3 is 0 Å². The third-order valence-corrected chi connectivity index (χ3v) is 3.09. The topological polar surface area (TPSA) is 55.5 Å². The van der Waals surface area contributed by atoms with Gasteiger partial charge in [0.15, 0.2) is 0 Å². The minimum Gasteiger partial charge on any atom is -0.258 e. The number of allylic oxidation sites excluding steroid dienone is 4. The molecule has 88 valence electrons. The number of aliphatic imine (C=N–C) groups is 1. The molecule has 1 atom stereocenters. The SMILES string of the molecule is O=[N+]([O-])C1=C(c2ccccc2)C2C=CC=C2N=C1. The van der Waals surface area contributed by atoms with Crippen LogP contribution in [0.4, 0.5) is 0 Å². The number of nitro groups is 1. The minimum absolute atomic E-state index is 0.0786. The van der Waals surface area contributed by atoms with Crippen LogP contribution in [0.25, 0.3) is 5.57 Å². The number of benzene rings is 1. The molecule has 0 bridgehead atoms. The van der Waals surface area contributed by atoms with E-state index in [2.05, 4.69) is 4.99 Å². The average molecular weight is 238 g/mol. The summed E-state index contributed by atoms with van der Waals surface area (Å²) >= 11 is 0. The van der Waals surface area contributed by atoms with E-state index in [0.717, 1.165) is 16.8 Å². The van der Waals surface area contributed by atoms with Gasteiger partial charge in [-0.05, 0) is 11.6 Å². The normalized spacial score (nSPS) is 20.9. The van der Waals surface area contributed by atoms with E-state index in [1.807, 2.05) is 48.6 Å². The zero-order valence-corrected chi connectivity index (χ0v) is 9.48. The smallest absolute Gasteiger partial charge is 0.258 e. The van der Waals surface area contributed by atoms with E-state index >= 15 is 0 Å². The average Bonchev–Trinajstić information content (AvgIpc) is 2.86. The molecule has 4 nitrogen and oxygen atoms in total. The first-order chi connectivity index (χ1) is 8.77. The Kier molecular flexibility index (Phi) is 2.41. The van der Waals surface area contributed by atoms with Gasteiger partial charge in [0.1, 0.15) is 6.21 Å². The number of nitrogens with zero attached hydrogens (tertiary/aromatic N) is 2. The molecular weight excluding hydrogens is 228 g/mol. The highest BCUT2D eigenvalue weighted by Crippen LogP contribution is 2.38. The maximum absolute atomic E-state index is 11.1. The molecule has 0 N–H and O–H groups in total. The Morgan fingerprint density at radius 1 is 1.22 bits per heavy atom. The maximum Gasteiger partial charge on any atom is 0.292 e. The van der Waals surface area contributed by atoms with Gasteiger partial charge in [0.05, 0.1) is 22.1 Å². The van der Waals surface area contributed by atoms with Crippen LogP contribution < -0.4 is 0 Å². The lowest BCUT2D eigenvalue weighted by molar-refractivity contribution is -0.413. The van der Waals surface area contributed by atoms with E-state index in [4.69, 9.17) is 0 Å². The first-order valence-electron chi connectivity index (χ1n) is 5.64. The third-order valence-electron chi connectivity index (χ3n) is 3.09. The summed E-state index contributed by atoms with van der Waals surface area (Å²) in [6, 6.07) is 9.44. The molecule has 2 aliphatic rings. The van der Waals surface area contributed by atoms with Gasteiger partial charge in [-0.15, -0.1) is 0 Å². The lowest BCUT2D eigenvalue weighted by Crippen LogP contribution is -2.15. The Balaban J connectivity index is 2.21. The lowest BCUT2D eigenvalue weighted by Gasteiger charge is -2.18. The highest BCUT2D eigenvalue weighted by Gasteiger charge is 2.31. The highest BCUT2D eigenvalue weighted by atomic mass is 16.6. The zero-order valence-electron chi connectivity index (χ0n) is 9.48. The standard InChI is InChI=1S/C14H10N2O2/c17-16(18)13-9-15-12-8-4-7-11(12)14(13)10-5-2-1-3-6-10/h1-9,11H. The summed E-state index contributed by atoms with van der Waals surface area (Å²) in [5, 5.41) is 11.1. The summed E-state index contributed by atoms with van der Waals surface area (Å²) in [7, 11) is 0. The van der Waals surface area contributed by atoms with Crippen LogP contribution in [-0.4, -0.2) is 11.1 Å². The molecule has 1 aliphatic carbocycles. The van der Waals surface area contributed by atoms with Gasteiger partial charge in [0.25, 0.3) is 5.70 Å². The van der Waals surface area contributed by atoms with Crippen LogP contribution in [0, 0.1) is 16.0 Å². The second-order valence-corrected chi connectivity index (χ2v) is 4.13. The van der Waals surface area contributed by atoms with E-state index in [9.17, 15) is 10.1 Å². The molecule has 3 rings (SSSR count). The van der Waals surface area contributed by atoms with Gasteiger partial charge in [-0.3, -0.25) is 15.1 Å². The molecule has 0 radical (unpaired) electrons. The minimum atomic E-state index is -0.366.